The highest BCUT2D eigenvalue weighted by Crippen LogP contribution is 2.51. The van der Waals surface area contributed by atoms with Gasteiger partial charge in [0.1, 0.15) is 0 Å². The summed E-state index contributed by atoms with van der Waals surface area (Å²) >= 11 is 0. The van der Waals surface area contributed by atoms with Crippen molar-refractivity contribution in [1.82, 2.24) is 0 Å². The fourth-order valence-electron chi connectivity index (χ4n) is 1.70. The Labute approximate surface area is 128 Å². The zero-order chi connectivity index (χ0) is 16.4. The molecule has 0 atom stereocenters. The van der Waals surface area contributed by atoms with Gasteiger partial charge in [0.25, 0.3) is 0 Å². The predicted octanol–water partition coefficient (Wildman–Crippen LogP) is 4.46. The summed E-state index contributed by atoms with van der Waals surface area (Å²) in [6.07, 6.45) is 2.04. The third kappa shape index (κ3) is 8.92. The van der Waals surface area contributed by atoms with Crippen molar-refractivity contribution in [3.8, 4) is 0 Å². The standard InChI is InChI=1S/C13H28O6P2/c1-6-16-20(14,17-7-2)11-10-13(5)12-21(15,18-8-3)19-9-4/h10H,6-9,11-12H2,1-5H3/b13-10-. The van der Waals surface area contributed by atoms with Gasteiger partial charge in [0.2, 0.25) is 0 Å². The van der Waals surface area contributed by atoms with Crippen molar-refractivity contribution in [3.05, 3.63) is 11.6 Å². The second-order valence-electron chi connectivity index (χ2n) is 4.28. The van der Waals surface area contributed by atoms with Crippen LogP contribution in [-0.2, 0) is 27.2 Å². The molecular weight excluding hydrogens is 314 g/mol. The van der Waals surface area contributed by atoms with Gasteiger partial charge in [-0.15, -0.1) is 0 Å². The first-order valence-electron chi connectivity index (χ1n) is 7.26. The van der Waals surface area contributed by atoms with Crippen LogP contribution in [0, 0.1) is 0 Å². The van der Waals surface area contributed by atoms with Crippen molar-refractivity contribution in [2.24, 2.45) is 0 Å². The van der Waals surface area contributed by atoms with Crippen molar-refractivity contribution < 1.29 is 27.2 Å². The van der Waals surface area contributed by atoms with Gasteiger partial charge in [-0.1, -0.05) is 11.6 Å². The van der Waals surface area contributed by atoms with Gasteiger partial charge in [-0.2, -0.15) is 0 Å². The first-order chi connectivity index (χ1) is 9.84. The second kappa shape index (κ2) is 10.7. The van der Waals surface area contributed by atoms with Crippen LogP contribution in [0.25, 0.3) is 0 Å². The molecule has 0 heterocycles. The lowest BCUT2D eigenvalue weighted by Crippen LogP contribution is -2.03. The Morgan fingerprint density at radius 3 is 1.57 bits per heavy atom. The maximum absolute atomic E-state index is 12.4. The summed E-state index contributed by atoms with van der Waals surface area (Å²) in [7, 11) is -6.25. The molecule has 0 spiro atoms. The molecule has 8 heteroatoms. The van der Waals surface area contributed by atoms with Gasteiger partial charge in [-0.3, -0.25) is 9.13 Å². The van der Waals surface area contributed by atoms with Gasteiger partial charge in [-0.25, -0.2) is 0 Å². The molecule has 0 rings (SSSR count). The molecule has 0 aromatic carbocycles. The summed E-state index contributed by atoms with van der Waals surface area (Å²) in [5.74, 6) is 0. The lowest BCUT2D eigenvalue weighted by molar-refractivity contribution is 0.220. The molecule has 0 aliphatic rings. The lowest BCUT2D eigenvalue weighted by Gasteiger charge is -2.18. The number of hydrogen-bond donors (Lipinski definition) is 0. The lowest BCUT2D eigenvalue weighted by atomic mass is 10.3. The fraction of sp³-hybridized carbons (Fsp3) is 0.846. The van der Waals surface area contributed by atoms with Gasteiger partial charge < -0.3 is 18.1 Å². The Hall–Kier alpha value is 0.0400. The highest BCUT2D eigenvalue weighted by Gasteiger charge is 2.25. The molecule has 0 fully saturated rings. The Bertz CT molecular complexity index is 387. The minimum atomic E-state index is -3.13. The quantitative estimate of drug-likeness (QED) is 0.385. The van der Waals surface area contributed by atoms with Crippen LogP contribution >= 0.6 is 15.2 Å². The third-order valence-electron chi connectivity index (χ3n) is 2.41. The van der Waals surface area contributed by atoms with Crippen LogP contribution in [0.3, 0.4) is 0 Å². The second-order valence-corrected chi connectivity index (χ2v) is 8.44. The van der Waals surface area contributed by atoms with Crippen molar-refractivity contribution in [1.29, 1.82) is 0 Å². The van der Waals surface area contributed by atoms with E-state index in [9.17, 15) is 9.13 Å². The molecule has 0 radical (unpaired) electrons. The Morgan fingerprint density at radius 1 is 0.810 bits per heavy atom. The summed E-state index contributed by atoms with van der Waals surface area (Å²) in [6, 6.07) is 0. The van der Waals surface area contributed by atoms with Crippen LogP contribution in [0.2, 0.25) is 0 Å². The summed E-state index contributed by atoms with van der Waals surface area (Å²) in [4.78, 5) is 0. The third-order valence-corrected chi connectivity index (χ3v) is 6.53. The van der Waals surface area contributed by atoms with Crippen LogP contribution < -0.4 is 0 Å². The Balaban J connectivity index is 4.78. The number of allylic oxidation sites excluding steroid dienone is 2. The average Bonchev–Trinajstić information content (AvgIpc) is 2.37. The minimum Gasteiger partial charge on any atom is -0.309 e. The monoisotopic (exact) mass is 342 g/mol. The molecule has 0 unspecified atom stereocenters. The summed E-state index contributed by atoms with van der Waals surface area (Å²) in [6.45, 7) is 10.1. The minimum absolute atomic E-state index is 0.152. The van der Waals surface area contributed by atoms with Crippen LogP contribution in [0.15, 0.2) is 11.6 Å². The van der Waals surface area contributed by atoms with E-state index in [1.807, 2.05) is 0 Å². The average molecular weight is 342 g/mol. The smallest absolute Gasteiger partial charge is 0.309 e. The first-order valence-corrected chi connectivity index (χ1v) is 10.7. The molecule has 0 aromatic rings. The molecule has 6 nitrogen and oxygen atoms in total. The molecule has 0 aliphatic heterocycles. The summed E-state index contributed by atoms with van der Waals surface area (Å²) in [5, 5.41) is 0. The molecule has 0 N–H and O–H groups in total. The van der Waals surface area contributed by atoms with Crippen LogP contribution in [0.4, 0.5) is 0 Å². The molecule has 0 bridgehead atoms. The molecule has 0 aromatic heterocycles. The van der Waals surface area contributed by atoms with Gasteiger partial charge in [0.15, 0.2) is 0 Å². The number of hydrogen-bond acceptors (Lipinski definition) is 6. The van der Waals surface area contributed by atoms with Crippen molar-refractivity contribution in [3.63, 3.8) is 0 Å². The molecule has 0 amide bonds. The van der Waals surface area contributed by atoms with Crippen molar-refractivity contribution >= 4 is 15.2 Å². The molecule has 21 heavy (non-hydrogen) atoms. The fourth-order valence-corrected chi connectivity index (χ4v) is 5.09. The van der Waals surface area contributed by atoms with E-state index in [0.717, 1.165) is 5.57 Å². The summed E-state index contributed by atoms with van der Waals surface area (Å²) in [5.41, 5.74) is 0.778. The topological polar surface area (TPSA) is 71.1 Å². The maximum atomic E-state index is 12.4. The SMILES string of the molecule is CCOP(=O)(C/C=C(/C)CP(=O)(OCC)OCC)OCC. The van der Waals surface area contributed by atoms with E-state index in [4.69, 9.17) is 18.1 Å². The van der Waals surface area contributed by atoms with Crippen molar-refractivity contribution in [2.75, 3.05) is 38.8 Å². The van der Waals surface area contributed by atoms with E-state index in [2.05, 4.69) is 0 Å². The van der Waals surface area contributed by atoms with Crippen molar-refractivity contribution in [2.45, 2.75) is 34.6 Å². The van der Waals surface area contributed by atoms with E-state index in [1.165, 1.54) is 0 Å². The van der Waals surface area contributed by atoms with Gasteiger partial charge in [0.05, 0.1) is 38.8 Å². The maximum Gasteiger partial charge on any atom is 0.334 e. The highest BCUT2D eigenvalue weighted by atomic mass is 31.2. The van der Waals surface area contributed by atoms with E-state index in [0.29, 0.717) is 26.4 Å². The molecule has 0 saturated heterocycles. The Kier molecular flexibility index (Phi) is 10.7. The van der Waals surface area contributed by atoms with E-state index < -0.39 is 15.2 Å². The van der Waals surface area contributed by atoms with Crippen LogP contribution in [-0.4, -0.2) is 38.8 Å². The molecule has 126 valence electrons. The van der Waals surface area contributed by atoms with Crippen LogP contribution in [0.1, 0.15) is 34.6 Å². The zero-order valence-electron chi connectivity index (χ0n) is 13.7. The van der Waals surface area contributed by atoms with E-state index in [-0.39, 0.29) is 12.3 Å². The normalized spacial score (nSPS) is 13.7. The van der Waals surface area contributed by atoms with Gasteiger partial charge in [-0.05, 0) is 34.6 Å². The highest BCUT2D eigenvalue weighted by molar-refractivity contribution is 7.54. The van der Waals surface area contributed by atoms with Crippen LogP contribution in [0.5, 0.6) is 0 Å². The van der Waals surface area contributed by atoms with Gasteiger partial charge in [0, 0.05) is 0 Å². The largest absolute Gasteiger partial charge is 0.334 e. The van der Waals surface area contributed by atoms with E-state index in [1.54, 1.807) is 40.7 Å². The molecule has 0 aliphatic carbocycles. The predicted molar refractivity (Wildman–Crippen MR) is 85.2 cm³/mol. The Morgan fingerprint density at radius 2 is 1.19 bits per heavy atom. The molecule has 0 saturated carbocycles. The first kappa shape index (κ1) is 21.0. The summed E-state index contributed by atoms with van der Waals surface area (Å²) < 4.78 is 45.6. The number of rotatable bonds is 12. The molecular formula is C13H28O6P2. The zero-order valence-corrected chi connectivity index (χ0v) is 15.5. The van der Waals surface area contributed by atoms with Gasteiger partial charge >= 0.3 is 15.2 Å². The van der Waals surface area contributed by atoms with E-state index >= 15 is 0 Å².